The summed E-state index contributed by atoms with van der Waals surface area (Å²) in [7, 11) is 1.61. The third kappa shape index (κ3) is 9.81. The first kappa shape index (κ1) is 26.4. The summed E-state index contributed by atoms with van der Waals surface area (Å²) in [6, 6.07) is 13.9. The topological polar surface area (TPSA) is 84.0 Å². The molecule has 7 nitrogen and oxygen atoms in total. The maximum atomic E-state index is 12.5. The molecule has 0 saturated carbocycles. The largest absolute Gasteiger partial charge is 0.484 e. The van der Waals surface area contributed by atoms with E-state index in [0.29, 0.717) is 30.4 Å². The van der Waals surface area contributed by atoms with E-state index >= 15 is 0 Å². The summed E-state index contributed by atoms with van der Waals surface area (Å²) < 4.78 is 35.1. The Morgan fingerprint density at radius 2 is 1.81 bits per heavy atom. The molecule has 0 atom stereocenters. The fourth-order valence-electron chi connectivity index (χ4n) is 2.59. The predicted molar refractivity (Wildman–Crippen MR) is 126 cm³/mol. The maximum absolute atomic E-state index is 12.5. The molecule has 2 aromatic carbocycles. The van der Waals surface area contributed by atoms with Gasteiger partial charge in [0.2, 0.25) is 0 Å². The number of likely N-dealkylation sites (N-methyl/N-ethyl adjacent to an activating group) is 1. The van der Waals surface area contributed by atoms with E-state index in [2.05, 4.69) is 25.7 Å². The molecular weight excluding hydrogens is 521 g/mol. The molecule has 10 heteroatoms. The van der Waals surface area contributed by atoms with Crippen molar-refractivity contribution in [3.63, 3.8) is 0 Å². The number of para-hydroxylation sites is 1. The van der Waals surface area contributed by atoms with Gasteiger partial charge in [0.05, 0.1) is 0 Å². The highest BCUT2D eigenvalue weighted by Crippen LogP contribution is 2.20. The molecule has 0 radical (unpaired) electrons. The first-order valence-corrected chi connectivity index (χ1v) is 9.47. The van der Waals surface area contributed by atoms with Crippen LogP contribution in [0.2, 0.25) is 0 Å². The molecule has 0 aliphatic carbocycles. The van der Waals surface area contributed by atoms with Gasteiger partial charge < -0.3 is 25.4 Å². The number of rotatable bonds is 10. The van der Waals surface area contributed by atoms with Crippen molar-refractivity contribution in [2.45, 2.75) is 26.6 Å². The van der Waals surface area contributed by atoms with Crippen LogP contribution in [0, 0.1) is 0 Å². The van der Waals surface area contributed by atoms with Crippen molar-refractivity contribution in [2.24, 2.45) is 4.99 Å². The molecule has 3 N–H and O–H groups in total. The van der Waals surface area contributed by atoms with Crippen LogP contribution in [0.25, 0.3) is 0 Å². The van der Waals surface area contributed by atoms with Gasteiger partial charge in [-0.1, -0.05) is 30.3 Å². The first-order valence-electron chi connectivity index (χ1n) is 9.47. The minimum atomic E-state index is -2.88. The molecule has 0 fully saturated rings. The highest BCUT2D eigenvalue weighted by molar-refractivity contribution is 14.0. The molecule has 2 aromatic rings. The minimum absolute atomic E-state index is 0. The number of halogens is 3. The van der Waals surface area contributed by atoms with E-state index in [-0.39, 0.29) is 48.8 Å². The number of carbonyl (C=O) groups is 1. The van der Waals surface area contributed by atoms with Crippen molar-refractivity contribution < 1.29 is 23.0 Å². The van der Waals surface area contributed by atoms with Gasteiger partial charge in [0.15, 0.2) is 12.6 Å². The van der Waals surface area contributed by atoms with Crippen molar-refractivity contribution in [3.8, 4) is 11.5 Å². The molecule has 0 aromatic heterocycles. The molecule has 0 aliphatic heterocycles. The van der Waals surface area contributed by atoms with Crippen molar-refractivity contribution in [2.75, 3.05) is 20.2 Å². The fourth-order valence-corrected chi connectivity index (χ4v) is 2.59. The molecule has 31 heavy (non-hydrogen) atoms. The zero-order valence-corrected chi connectivity index (χ0v) is 19.7. The minimum Gasteiger partial charge on any atom is -0.484 e. The Bertz CT molecular complexity index is 853. The van der Waals surface area contributed by atoms with Gasteiger partial charge in [0.1, 0.15) is 11.5 Å². The van der Waals surface area contributed by atoms with E-state index in [1.165, 1.54) is 6.07 Å². The van der Waals surface area contributed by atoms with E-state index in [9.17, 15) is 13.6 Å². The summed E-state index contributed by atoms with van der Waals surface area (Å²) in [5, 5.41) is 8.88. The molecular formula is C21H27F2IN4O3. The summed E-state index contributed by atoms with van der Waals surface area (Å²) >= 11 is 0. The van der Waals surface area contributed by atoms with Gasteiger partial charge in [-0.3, -0.25) is 9.79 Å². The van der Waals surface area contributed by atoms with Crippen molar-refractivity contribution in [1.29, 1.82) is 0 Å². The summed E-state index contributed by atoms with van der Waals surface area (Å²) in [4.78, 5) is 15.6. The number of benzene rings is 2. The zero-order valence-electron chi connectivity index (χ0n) is 17.4. The van der Waals surface area contributed by atoms with Crippen molar-refractivity contribution in [3.05, 3.63) is 59.7 Å². The molecule has 1 amide bonds. The van der Waals surface area contributed by atoms with Crippen LogP contribution in [0.15, 0.2) is 53.5 Å². The average molecular weight is 548 g/mol. The summed E-state index contributed by atoms with van der Waals surface area (Å²) in [6.07, 6.45) is 0. The van der Waals surface area contributed by atoms with Gasteiger partial charge in [-0.15, -0.1) is 24.0 Å². The highest BCUT2D eigenvalue weighted by Gasteiger charge is 2.09. The summed E-state index contributed by atoms with van der Waals surface area (Å²) in [5.41, 5.74) is 1.51. The van der Waals surface area contributed by atoms with E-state index in [1.807, 2.05) is 25.1 Å². The Labute approximate surface area is 197 Å². The smallest absolute Gasteiger partial charge is 0.387 e. The Hall–Kier alpha value is -2.63. The maximum Gasteiger partial charge on any atom is 0.387 e. The number of amides is 1. The molecule has 0 aliphatic rings. The lowest BCUT2D eigenvalue weighted by Gasteiger charge is -2.15. The standard InChI is InChI=1S/C21H26F2N4O3.HI/c1-3-25-19(28)14-29-17-9-6-7-15(11-17)12-26-21(24-2)27-13-16-8-4-5-10-18(16)30-20(22)23;/h4-11,20H,3,12-14H2,1-2H3,(H,25,28)(H2,24,26,27);1H. The van der Waals surface area contributed by atoms with Gasteiger partial charge in [0.25, 0.3) is 5.91 Å². The predicted octanol–water partition coefficient (Wildman–Crippen LogP) is 3.29. The number of nitrogens with one attached hydrogen (secondary N) is 3. The quantitative estimate of drug-likeness (QED) is 0.241. The second kappa shape index (κ2) is 14.4. The zero-order chi connectivity index (χ0) is 21.8. The number of ether oxygens (including phenoxy) is 2. The number of hydrogen-bond donors (Lipinski definition) is 3. The van der Waals surface area contributed by atoms with Crippen LogP contribution >= 0.6 is 24.0 Å². The van der Waals surface area contributed by atoms with Gasteiger partial charge in [-0.05, 0) is 30.7 Å². The van der Waals surface area contributed by atoms with Crippen molar-refractivity contribution in [1.82, 2.24) is 16.0 Å². The van der Waals surface area contributed by atoms with Gasteiger partial charge in [0, 0.05) is 32.2 Å². The SMILES string of the molecule is CCNC(=O)COc1cccc(CNC(=NC)NCc2ccccc2OC(F)F)c1.I. The van der Waals surface area contributed by atoms with Crippen LogP contribution in [0.1, 0.15) is 18.1 Å². The molecule has 0 spiro atoms. The molecule has 0 heterocycles. The first-order chi connectivity index (χ1) is 14.5. The van der Waals surface area contributed by atoms with Crippen molar-refractivity contribution >= 4 is 35.8 Å². The van der Waals surface area contributed by atoms with E-state index in [1.54, 1.807) is 31.3 Å². The Morgan fingerprint density at radius 3 is 2.52 bits per heavy atom. The number of nitrogens with zero attached hydrogens (tertiary/aromatic N) is 1. The second-order valence-electron chi connectivity index (χ2n) is 6.16. The average Bonchev–Trinajstić information content (AvgIpc) is 2.73. The van der Waals surface area contributed by atoms with E-state index in [4.69, 9.17) is 4.74 Å². The Balaban J connectivity index is 0.00000480. The monoisotopic (exact) mass is 548 g/mol. The van der Waals surface area contributed by atoms with Crippen LogP contribution in [-0.4, -0.2) is 38.7 Å². The van der Waals surface area contributed by atoms with Gasteiger partial charge >= 0.3 is 6.61 Å². The normalized spacial score (nSPS) is 10.8. The lowest BCUT2D eigenvalue weighted by Crippen LogP contribution is -2.36. The third-order valence-corrected chi connectivity index (χ3v) is 3.96. The van der Waals surface area contributed by atoms with Gasteiger partial charge in [-0.25, -0.2) is 0 Å². The lowest BCUT2D eigenvalue weighted by atomic mass is 10.2. The van der Waals surface area contributed by atoms with Crippen LogP contribution in [0.3, 0.4) is 0 Å². The molecule has 0 saturated heterocycles. The second-order valence-corrected chi connectivity index (χ2v) is 6.16. The number of hydrogen-bond acceptors (Lipinski definition) is 4. The molecule has 2 rings (SSSR count). The lowest BCUT2D eigenvalue weighted by molar-refractivity contribution is -0.122. The molecule has 170 valence electrons. The Kier molecular flexibility index (Phi) is 12.3. The number of aliphatic imine (C=N–C) groups is 1. The molecule has 0 unspecified atom stereocenters. The third-order valence-electron chi connectivity index (χ3n) is 3.96. The van der Waals surface area contributed by atoms with Crippen LogP contribution in [0.4, 0.5) is 8.78 Å². The van der Waals surface area contributed by atoms with Crippen LogP contribution in [0.5, 0.6) is 11.5 Å². The number of carbonyl (C=O) groups excluding carboxylic acids is 1. The van der Waals surface area contributed by atoms with Gasteiger partial charge in [-0.2, -0.15) is 8.78 Å². The summed E-state index contributed by atoms with van der Waals surface area (Å²) in [6.45, 7) is 0.178. The van der Waals surface area contributed by atoms with Crippen LogP contribution in [-0.2, 0) is 17.9 Å². The number of guanidine groups is 1. The highest BCUT2D eigenvalue weighted by atomic mass is 127. The Morgan fingerprint density at radius 1 is 1.06 bits per heavy atom. The van der Waals surface area contributed by atoms with E-state index in [0.717, 1.165) is 5.56 Å². The summed E-state index contributed by atoms with van der Waals surface area (Å²) in [5.74, 6) is 1.02. The molecule has 0 bridgehead atoms. The van der Waals surface area contributed by atoms with E-state index < -0.39 is 6.61 Å². The van der Waals surface area contributed by atoms with Crippen LogP contribution < -0.4 is 25.4 Å². The number of alkyl halides is 2. The fraction of sp³-hybridized carbons (Fsp3) is 0.333.